The summed E-state index contributed by atoms with van der Waals surface area (Å²) >= 11 is 0. The Morgan fingerprint density at radius 1 is 0.919 bits per heavy atom. The summed E-state index contributed by atoms with van der Waals surface area (Å²) in [5.41, 5.74) is 8.74. The second kappa shape index (κ2) is 12.0. The minimum Gasteiger partial charge on any atom is -0.366 e. The van der Waals surface area contributed by atoms with Crippen LogP contribution in [0.15, 0.2) is 72.8 Å². The second-order valence-electron chi connectivity index (χ2n) is 9.42. The molecule has 1 aliphatic heterocycles. The maximum absolute atomic E-state index is 15.2. The number of anilines is 2. The van der Waals surface area contributed by atoms with E-state index < -0.39 is 11.7 Å². The molecule has 0 spiro atoms. The van der Waals surface area contributed by atoms with Crippen molar-refractivity contribution in [3.05, 3.63) is 95.3 Å². The molecule has 1 heterocycles. The third-order valence-corrected chi connectivity index (χ3v) is 7.10. The van der Waals surface area contributed by atoms with Gasteiger partial charge in [-0.15, -0.1) is 0 Å². The van der Waals surface area contributed by atoms with Crippen molar-refractivity contribution in [3.8, 4) is 0 Å². The number of nitrogens with two attached hydrogens (primary N) is 1. The van der Waals surface area contributed by atoms with E-state index in [1.807, 2.05) is 49.1 Å². The van der Waals surface area contributed by atoms with Crippen molar-refractivity contribution in [2.24, 2.45) is 5.73 Å². The first-order valence-corrected chi connectivity index (χ1v) is 13.0. The van der Waals surface area contributed by atoms with Crippen LogP contribution in [0, 0.1) is 5.82 Å². The van der Waals surface area contributed by atoms with Gasteiger partial charge in [-0.25, -0.2) is 4.39 Å². The minimum atomic E-state index is -0.598. The number of benzene rings is 3. The maximum Gasteiger partial charge on any atom is 0.253 e. The van der Waals surface area contributed by atoms with Crippen molar-refractivity contribution in [2.45, 2.75) is 39.3 Å². The number of halogens is 1. The highest BCUT2D eigenvalue weighted by molar-refractivity contribution is 5.95. The topological polar surface area (TPSA) is 69.9 Å². The third-order valence-electron chi connectivity index (χ3n) is 7.10. The van der Waals surface area contributed by atoms with Gasteiger partial charge in [-0.3, -0.25) is 14.5 Å². The van der Waals surface area contributed by atoms with Gasteiger partial charge in [0.05, 0.1) is 5.69 Å². The molecule has 4 rings (SSSR count). The maximum atomic E-state index is 15.2. The van der Waals surface area contributed by atoms with E-state index in [-0.39, 0.29) is 17.5 Å². The molecule has 0 bridgehead atoms. The number of amides is 2. The number of piperidine rings is 1. The van der Waals surface area contributed by atoms with Gasteiger partial charge >= 0.3 is 0 Å². The van der Waals surface area contributed by atoms with Crippen molar-refractivity contribution in [1.82, 2.24) is 9.80 Å². The van der Waals surface area contributed by atoms with Gasteiger partial charge in [0.25, 0.3) is 5.91 Å². The average Bonchev–Trinajstić information content (AvgIpc) is 2.92. The van der Waals surface area contributed by atoms with E-state index in [0.717, 1.165) is 38.2 Å². The Morgan fingerprint density at radius 2 is 1.54 bits per heavy atom. The smallest absolute Gasteiger partial charge is 0.253 e. The Labute approximate surface area is 218 Å². The lowest BCUT2D eigenvalue weighted by atomic mass is 9.99. The van der Waals surface area contributed by atoms with Crippen molar-refractivity contribution in [2.75, 3.05) is 31.1 Å². The van der Waals surface area contributed by atoms with E-state index in [2.05, 4.69) is 17.0 Å². The van der Waals surface area contributed by atoms with E-state index in [0.29, 0.717) is 24.3 Å². The molecular weight excluding hydrogens is 467 g/mol. The summed E-state index contributed by atoms with van der Waals surface area (Å²) in [5, 5.41) is 0. The zero-order chi connectivity index (χ0) is 26.4. The summed E-state index contributed by atoms with van der Waals surface area (Å²) in [5.74, 6) is -1.04. The molecule has 3 aromatic carbocycles. The first-order valence-electron chi connectivity index (χ1n) is 13.0. The molecule has 6 nitrogen and oxygen atoms in total. The molecule has 194 valence electrons. The van der Waals surface area contributed by atoms with Crippen LogP contribution in [0.5, 0.6) is 0 Å². The van der Waals surface area contributed by atoms with Gasteiger partial charge in [0.2, 0.25) is 5.91 Å². The number of carbonyl (C=O) groups excluding carboxylic acids is 2. The molecule has 2 N–H and O–H groups in total. The summed E-state index contributed by atoms with van der Waals surface area (Å²) in [4.78, 5) is 30.8. The first-order chi connectivity index (χ1) is 17.9. The highest BCUT2D eigenvalue weighted by Gasteiger charge is 2.28. The normalized spacial score (nSPS) is 14.4. The SMILES string of the molecule is CCN(CC)C(=O)c1ccc(N(c2cc(C(N)=O)ccc2F)C2CCN(Cc3ccccc3)CC2)cc1. The van der Waals surface area contributed by atoms with Crippen LogP contribution in [0.2, 0.25) is 0 Å². The van der Waals surface area contributed by atoms with Crippen molar-refractivity contribution >= 4 is 23.2 Å². The Morgan fingerprint density at radius 3 is 2.14 bits per heavy atom. The predicted octanol–water partition coefficient (Wildman–Crippen LogP) is 5.21. The number of rotatable bonds is 9. The molecule has 1 aliphatic rings. The molecule has 1 saturated heterocycles. The Hall–Kier alpha value is -3.71. The van der Waals surface area contributed by atoms with Crippen LogP contribution in [0.4, 0.5) is 15.8 Å². The molecular formula is C30H35FN4O2. The van der Waals surface area contributed by atoms with E-state index in [9.17, 15) is 9.59 Å². The molecule has 3 aromatic rings. The Balaban J connectivity index is 1.62. The number of hydrogen-bond donors (Lipinski definition) is 1. The third kappa shape index (κ3) is 6.17. The van der Waals surface area contributed by atoms with Gasteiger partial charge in [-0.05, 0) is 74.7 Å². The van der Waals surface area contributed by atoms with Gasteiger partial charge in [-0.2, -0.15) is 0 Å². The van der Waals surface area contributed by atoms with Gasteiger partial charge in [0.1, 0.15) is 5.82 Å². The van der Waals surface area contributed by atoms with E-state index in [4.69, 9.17) is 5.73 Å². The predicted molar refractivity (Wildman–Crippen MR) is 145 cm³/mol. The molecule has 0 unspecified atom stereocenters. The molecule has 0 atom stereocenters. The van der Waals surface area contributed by atoms with Gasteiger partial charge in [0, 0.05) is 55.6 Å². The summed E-state index contributed by atoms with van der Waals surface area (Å²) in [6, 6.07) is 22.0. The van der Waals surface area contributed by atoms with Crippen LogP contribution in [-0.2, 0) is 6.54 Å². The first kappa shape index (κ1) is 26.4. The minimum absolute atomic E-state index is 0.0222. The molecule has 1 fully saturated rings. The lowest BCUT2D eigenvalue weighted by Crippen LogP contribution is -2.43. The summed E-state index contributed by atoms with van der Waals surface area (Å²) < 4.78 is 15.2. The van der Waals surface area contributed by atoms with E-state index in [1.165, 1.54) is 23.8 Å². The Bertz CT molecular complexity index is 1200. The quantitative estimate of drug-likeness (QED) is 0.436. The number of primary amides is 1. The molecule has 0 radical (unpaired) electrons. The highest BCUT2D eigenvalue weighted by atomic mass is 19.1. The largest absolute Gasteiger partial charge is 0.366 e. The van der Waals surface area contributed by atoms with Crippen molar-refractivity contribution < 1.29 is 14.0 Å². The standard InChI is InChI=1S/C30H35FN4O2/c1-3-34(4-2)30(37)23-10-13-25(14-11-23)35(28-20-24(29(32)36)12-15-27(28)31)26-16-18-33(19-17-26)21-22-8-6-5-7-9-22/h5-15,20,26H,3-4,16-19,21H2,1-2H3,(H2,32,36). The zero-order valence-electron chi connectivity index (χ0n) is 21.6. The van der Waals surface area contributed by atoms with Crippen LogP contribution in [0.25, 0.3) is 0 Å². The Kier molecular flexibility index (Phi) is 8.56. The molecule has 37 heavy (non-hydrogen) atoms. The lowest BCUT2D eigenvalue weighted by molar-refractivity contribution is 0.0772. The monoisotopic (exact) mass is 502 g/mol. The van der Waals surface area contributed by atoms with Gasteiger partial charge in [0.15, 0.2) is 0 Å². The summed E-state index contributed by atoms with van der Waals surface area (Å²) in [7, 11) is 0. The number of hydrogen-bond acceptors (Lipinski definition) is 4. The summed E-state index contributed by atoms with van der Waals surface area (Å²) in [6.45, 7) is 7.79. The number of carbonyl (C=O) groups is 2. The summed E-state index contributed by atoms with van der Waals surface area (Å²) in [6.07, 6.45) is 1.65. The fourth-order valence-corrected chi connectivity index (χ4v) is 5.03. The molecule has 7 heteroatoms. The highest BCUT2D eigenvalue weighted by Crippen LogP contribution is 2.35. The zero-order valence-corrected chi connectivity index (χ0v) is 21.6. The van der Waals surface area contributed by atoms with Gasteiger partial charge < -0.3 is 15.5 Å². The number of likely N-dealkylation sites (tertiary alicyclic amines) is 1. The van der Waals surface area contributed by atoms with Crippen LogP contribution in [-0.4, -0.2) is 53.8 Å². The molecule has 0 aliphatic carbocycles. The van der Waals surface area contributed by atoms with Crippen molar-refractivity contribution in [1.29, 1.82) is 0 Å². The van der Waals surface area contributed by atoms with Crippen LogP contribution < -0.4 is 10.6 Å². The number of nitrogens with zero attached hydrogens (tertiary/aromatic N) is 3. The van der Waals surface area contributed by atoms with E-state index >= 15 is 4.39 Å². The van der Waals surface area contributed by atoms with E-state index in [1.54, 1.807) is 17.0 Å². The van der Waals surface area contributed by atoms with Gasteiger partial charge in [-0.1, -0.05) is 30.3 Å². The molecule has 0 aromatic heterocycles. The van der Waals surface area contributed by atoms with Crippen LogP contribution >= 0.6 is 0 Å². The fourth-order valence-electron chi connectivity index (χ4n) is 5.03. The van der Waals surface area contributed by atoms with Crippen LogP contribution in [0.3, 0.4) is 0 Å². The molecule has 2 amide bonds. The molecule has 0 saturated carbocycles. The van der Waals surface area contributed by atoms with Crippen LogP contribution in [0.1, 0.15) is 53.0 Å². The second-order valence-corrected chi connectivity index (χ2v) is 9.42. The lowest BCUT2D eigenvalue weighted by Gasteiger charge is -2.40. The fraction of sp³-hybridized carbons (Fsp3) is 0.333. The average molecular weight is 503 g/mol. The van der Waals surface area contributed by atoms with Crippen molar-refractivity contribution in [3.63, 3.8) is 0 Å².